The molecule has 0 radical (unpaired) electrons. The highest BCUT2D eigenvalue weighted by molar-refractivity contribution is 5.78. The first kappa shape index (κ1) is 16.7. The average Bonchev–Trinajstić information content (AvgIpc) is 2.39. The maximum atomic E-state index is 12.1. The number of carbonyl (C=O) groups excluding carboxylic acids is 1. The lowest BCUT2D eigenvalue weighted by Gasteiger charge is -2.43. The van der Waals surface area contributed by atoms with Crippen molar-refractivity contribution in [2.45, 2.75) is 51.6 Å². The Balaban J connectivity index is 1.57. The summed E-state index contributed by atoms with van der Waals surface area (Å²) in [5.74, 6) is 0.192. The van der Waals surface area contributed by atoms with E-state index in [1.807, 2.05) is 0 Å². The van der Waals surface area contributed by atoms with Crippen LogP contribution >= 0.6 is 0 Å². The molecule has 1 unspecified atom stereocenters. The zero-order valence-electron chi connectivity index (χ0n) is 13.7. The molecular formula is C16H32N4O. The van der Waals surface area contributed by atoms with E-state index < -0.39 is 0 Å². The van der Waals surface area contributed by atoms with E-state index in [9.17, 15) is 4.79 Å². The summed E-state index contributed by atoms with van der Waals surface area (Å²) < 4.78 is 0. The maximum absolute atomic E-state index is 12.1. The predicted octanol–water partition coefficient (Wildman–Crippen LogP) is 0.661. The van der Waals surface area contributed by atoms with Crippen LogP contribution in [0.4, 0.5) is 0 Å². The molecule has 0 aromatic rings. The summed E-state index contributed by atoms with van der Waals surface area (Å²) in [5, 5.41) is 6.46. The SMILES string of the molecule is CCCCCC(C)NC(=O)CN1CCN(C2CNC2)CC1. The predicted molar refractivity (Wildman–Crippen MR) is 86.4 cm³/mol. The van der Waals surface area contributed by atoms with Crippen LogP contribution in [0.15, 0.2) is 0 Å². The lowest BCUT2D eigenvalue weighted by Crippen LogP contribution is -2.62. The van der Waals surface area contributed by atoms with Crippen LogP contribution in [0.1, 0.15) is 39.5 Å². The molecule has 2 saturated heterocycles. The number of piperazine rings is 1. The number of carbonyl (C=O) groups is 1. The van der Waals surface area contributed by atoms with Crippen molar-refractivity contribution in [3.05, 3.63) is 0 Å². The van der Waals surface area contributed by atoms with Gasteiger partial charge in [0.05, 0.1) is 6.54 Å². The summed E-state index contributed by atoms with van der Waals surface area (Å²) in [5.41, 5.74) is 0. The monoisotopic (exact) mass is 296 g/mol. The van der Waals surface area contributed by atoms with E-state index in [0.717, 1.165) is 51.7 Å². The smallest absolute Gasteiger partial charge is 0.234 e. The highest BCUT2D eigenvalue weighted by Gasteiger charge is 2.28. The minimum atomic E-state index is 0.192. The van der Waals surface area contributed by atoms with E-state index in [0.29, 0.717) is 12.6 Å². The minimum absolute atomic E-state index is 0.192. The molecule has 21 heavy (non-hydrogen) atoms. The summed E-state index contributed by atoms with van der Waals surface area (Å²) >= 11 is 0. The molecule has 2 aliphatic rings. The Morgan fingerprint density at radius 2 is 1.95 bits per heavy atom. The zero-order chi connectivity index (χ0) is 15.1. The zero-order valence-corrected chi connectivity index (χ0v) is 13.7. The van der Waals surface area contributed by atoms with Gasteiger partial charge < -0.3 is 10.6 Å². The van der Waals surface area contributed by atoms with E-state index in [2.05, 4.69) is 34.3 Å². The van der Waals surface area contributed by atoms with Gasteiger partial charge in [-0.15, -0.1) is 0 Å². The van der Waals surface area contributed by atoms with Gasteiger partial charge in [0, 0.05) is 51.4 Å². The lowest BCUT2D eigenvalue weighted by molar-refractivity contribution is -0.123. The van der Waals surface area contributed by atoms with Gasteiger partial charge in [-0.2, -0.15) is 0 Å². The number of nitrogens with zero attached hydrogens (tertiary/aromatic N) is 2. The molecule has 0 aromatic heterocycles. The molecule has 2 rings (SSSR count). The number of amides is 1. The lowest BCUT2D eigenvalue weighted by atomic mass is 10.1. The van der Waals surface area contributed by atoms with E-state index in [1.165, 1.54) is 19.3 Å². The number of rotatable bonds is 8. The van der Waals surface area contributed by atoms with Crippen LogP contribution in [0.2, 0.25) is 0 Å². The third-order valence-corrected chi connectivity index (χ3v) is 4.70. The van der Waals surface area contributed by atoms with Crippen molar-refractivity contribution in [3.63, 3.8) is 0 Å². The third-order valence-electron chi connectivity index (χ3n) is 4.70. The van der Waals surface area contributed by atoms with Crippen molar-refractivity contribution in [3.8, 4) is 0 Å². The molecule has 5 heteroatoms. The standard InChI is InChI=1S/C16H32N4O/c1-3-4-5-6-14(2)18-16(21)13-19-7-9-20(10-8-19)15-11-17-12-15/h14-15,17H,3-13H2,1-2H3,(H,18,21). The third kappa shape index (κ3) is 5.57. The Hall–Kier alpha value is -0.650. The second kappa shape index (κ2) is 8.71. The Morgan fingerprint density at radius 3 is 2.52 bits per heavy atom. The average molecular weight is 296 g/mol. The largest absolute Gasteiger partial charge is 0.353 e. The second-order valence-corrected chi connectivity index (χ2v) is 6.59. The molecule has 1 atom stereocenters. The molecule has 2 fully saturated rings. The Morgan fingerprint density at radius 1 is 1.24 bits per heavy atom. The van der Waals surface area contributed by atoms with Gasteiger partial charge in [-0.25, -0.2) is 0 Å². The second-order valence-electron chi connectivity index (χ2n) is 6.59. The van der Waals surface area contributed by atoms with Crippen LogP contribution in [0.5, 0.6) is 0 Å². The van der Waals surface area contributed by atoms with Gasteiger partial charge in [-0.1, -0.05) is 26.2 Å². The van der Waals surface area contributed by atoms with E-state index in [-0.39, 0.29) is 5.91 Å². The van der Waals surface area contributed by atoms with Crippen molar-refractivity contribution in [2.24, 2.45) is 0 Å². The maximum Gasteiger partial charge on any atom is 0.234 e. The molecule has 5 nitrogen and oxygen atoms in total. The first-order valence-electron chi connectivity index (χ1n) is 8.65. The van der Waals surface area contributed by atoms with Crippen LogP contribution in [0.3, 0.4) is 0 Å². The van der Waals surface area contributed by atoms with E-state index >= 15 is 0 Å². The van der Waals surface area contributed by atoms with Gasteiger partial charge in [-0.3, -0.25) is 14.6 Å². The number of unbranched alkanes of at least 4 members (excludes halogenated alkanes) is 2. The highest BCUT2D eigenvalue weighted by atomic mass is 16.2. The first-order valence-corrected chi connectivity index (χ1v) is 8.65. The molecule has 2 N–H and O–H groups in total. The topological polar surface area (TPSA) is 47.6 Å². The van der Waals surface area contributed by atoms with Crippen molar-refractivity contribution in [1.29, 1.82) is 0 Å². The van der Waals surface area contributed by atoms with E-state index in [4.69, 9.17) is 0 Å². The van der Waals surface area contributed by atoms with Crippen LogP contribution in [0.25, 0.3) is 0 Å². The van der Waals surface area contributed by atoms with Gasteiger partial charge in [0.1, 0.15) is 0 Å². The van der Waals surface area contributed by atoms with Gasteiger partial charge in [0.25, 0.3) is 0 Å². The van der Waals surface area contributed by atoms with Crippen LogP contribution in [-0.2, 0) is 4.79 Å². The molecule has 0 bridgehead atoms. The fourth-order valence-corrected chi connectivity index (χ4v) is 3.11. The van der Waals surface area contributed by atoms with Gasteiger partial charge in [0.2, 0.25) is 5.91 Å². The highest BCUT2D eigenvalue weighted by Crippen LogP contribution is 2.09. The Labute approximate surface area is 129 Å². The van der Waals surface area contributed by atoms with Gasteiger partial charge in [-0.05, 0) is 13.3 Å². The quantitative estimate of drug-likeness (QED) is 0.646. The summed E-state index contributed by atoms with van der Waals surface area (Å²) in [4.78, 5) is 16.9. The fraction of sp³-hybridized carbons (Fsp3) is 0.938. The van der Waals surface area contributed by atoms with Crippen molar-refractivity contribution in [2.75, 3.05) is 45.8 Å². The van der Waals surface area contributed by atoms with E-state index in [1.54, 1.807) is 0 Å². The normalized spacial score (nSPS) is 22.8. The summed E-state index contributed by atoms with van der Waals surface area (Å²) in [6, 6.07) is 1.05. The molecule has 2 aliphatic heterocycles. The van der Waals surface area contributed by atoms with Crippen molar-refractivity contribution < 1.29 is 4.79 Å². The number of nitrogens with one attached hydrogen (secondary N) is 2. The molecule has 0 aromatic carbocycles. The molecule has 1 amide bonds. The fourth-order valence-electron chi connectivity index (χ4n) is 3.11. The molecular weight excluding hydrogens is 264 g/mol. The van der Waals surface area contributed by atoms with Crippen LogP contribution in [-0.4, -0.2) is 73.6 Å². The summed E-state index contributed by atoms with van der Waals surface area (Å²) in [6.45, 7) is 11.4. The number of hydrogen-bond acceptors (Lipinski definition) is 4. The Kier molecular flexibility index (Phi) is 6.93. The van der Waals surface area contributed by atoms with Crippen LogP contribution < -0.4 is 10.6 Å². The van der Waals surface area contributed by atoms with Crippen LogP contribution in [0, 0.1) is 0 Å². The summed E-state index contributed by atoms with van der Waals surface area (Å²) in [6.07, 6.45) is 4.81. The van der Waals surface area contributed by atoms with Gasteiger partial charge in [0.15, 0.2) is 0 Å². The molecule has 2 heterocycles. The summed E-state index contributed by atoms with van der Waals surface area (Å²) in [7, 11) is 0. The Bertz CT molecular complexity index is 311. The van der Waals surface area contributed by atoms with Crippen molar-refractivity contribution in [1.82, 2.24) is 20.4 Å². The first-order chi connectivity index (χ1) is 10.2. The molecule has 0 saturated carbocycles. The number of hydrogen-bond donors (Lipinski definition) is 2. The molecule has 0 spiro atoms. The van der Waals surface area contributed by atoms with Gasteiger partial charge >= 0.3 is 0 Å². The molecule has 122 valence electrons. The van der Waals surface area contributed by atoms with Crippen molar-refractivity contribution >= 4 is 5.91 Å². The molecule has 0 aliphatic carbocycles. The minimum Gasteiger partial charge on any atom is -0.353 e.